The van der Waals surface area contributed by atoms with Gasteiger partial charge in [0, 0.05) is 18.7 Å². The summed E-state index contributed by atoms with van der Waals surface area (Å²) in [4.78, 5) is 11.1. The summed E-state index contributed by atoms with van der Waals surface area (Å²) in [5.41, 5.74) is -0.245. The number of alkyl halides is 3. The summed E-state index contributed by atoms with van der Waals surface area (Å²) in [5, 5.41) is 6.60. The largest absolute Gasteiger partial charge is 0.435 e. The number of nitrogens with zero attached hydrogens (tertiary/aromatic N) is 2. The van der Waals surface area contributed by atoms with Crippen LogP contribution in [-0.4, -0.2) is 21.7 Å². The average molecular weight is 303 g/mol. The lowest BCUT2D eigenvalue weighted by Crippen LogP contribution is -2.31. The highest BCUT2D eigenvalue weighted by Gasteiger charge is 2.37. The minimum Gasteiger partial charge on any atom is -0.354 e. The monoisotopic (exact) mass is 303 g/mol. The number of hydrogen-bond acceptors (Lipinski definition) is 2. The summed E-state index contributed by atoms with van der Waals surface area (Å²) in [6.07, 6.45) is -2.31. The van der Waals surface area contributed by atoms with Crippen LogP contribution in [0.5, 0.6) is 0 Å². The highest BCUT2D eigenvalue weighted by atomic mass is 19.4. The molecule has 21 heavy (non-hydrogen) atoms. The Morgan fingerprint density at radius 1 is 1.43 bits per heavy atom. The standard InChI is InChI=1S/C14H20F3N3O/c1-8(2)12-7-13(14(15,16)17)19-20(12)11-5-4-10(6-11)18-9(3)21/h7-8,10-11H,4-6H2,1-3H3,(H,18,21). The fourth-order valence-electron chi connectivity index (χ4n) is 2.87. The summed E-state index contributed by atoms with van der Waals surface area (Å²) >= 11 is 0. The Labute approximate surface area is 121 Å². The number of aromatic nitrogens is 2. The minimum absolute atomic E-state index is 0.0195. The van der Waals surface area contributed by atoms with Crippen LogP contribution in [0.4, 0.5) is 13.2 Å². The van der Waals surface area contributed by atoms with E-state index in [-0.39, 0.29) is 23.9 Å². The zero-order valence-electron chi connectivity index (χ0n) is 12.4. The maximum Gasteiger partial charge on any atom is 0.435 e. The lowest BCUT2D eigenvalue weighted by atomic mass is 10.1. The summed E-state index contributed by atoms with van der Waals surface area (Å²) in [6.45, 7) is 5.16. The first kappa shape index (κ1) is 15.9. The molecule has 0 saturated heterocycles. The molecule has 2 unspecified atom stereocenters. The predicted octanol–water partition coefficient (Wildman–Crippen LogP) is 3.26. The van der Waals surface area contributed by atoms with E-state index in [0.717, 1.165) is 18.9 Å². The summed E-state index contributed by atoms with van der Waals surface area (Å²) in [6, 6.07) is 1.07. The molecule has 118 valence electrons. The number of rotatable bonds is 3. The van der Waals surface area contributed by atoms with E-state index in [1.807, 2.05) is 13.8 Å². The number of amides is 1. The van der Waals surface area contributed by atoms with Gasteiger partial charge in [0.1, 0.15) is 0 Å². The Kier molecular flexibility index (Phi) is 4.30. The Morgan fingerprint density at radius 2 is 2.10 bits per heavy atom. The van der Waals surface area contributed by atoms with Crippen LogP contribution in [-0.2, 0) is 11.0 Å². The van der Waals surface area contributed by atoms with E-state index in [1.165, 1.54) is 11.6 Å². The van der Waals surface area contributed by atoms with Gasteiger partial charge in [-0.25, -0.2) is 0 Å². The van der Waals surface area contributed by atoms with Crippen LogP contribution >= 0.6 is 0 Å². The normalized spacial score (nSPS) is 22.8. The molecule has 1 aromatic rings. The smallest absolute Gasteiger partial charge is 0.354 e. The zero-order valence-corrected chi connectivity index (χ0v) is 12.4. The van der Waals surface area contributed by atoms with Crippen LogP contribution in [0.1, 0.15) is 63.4 Å². The van der Waals surface area contributed by atoms with Crippen LogP contribution < -0.4 is 5.32 Å². The summed E-state index contributed by atoms with van der Waals surface area (Å²) in [5.74, 6) is -0.144. The maximum absolute atomic E-state index is 12.8. The summed E-state index contributed by atoms with van der Waals surface area (Å²) < 4.78 is 40.1. The van der Waals surface area contributed by atoms with Crippen molar-refractivity contribution in [3.05, 3.63) is 17.5 Å². The predicted molar refractivity (Wildman–Crippen MR) is 71.8 cm³/mol. The van der Waals surface area contributed by atoms with E-state index in [9.17, 15) is 18.0 Å². The van der Waals surface area contributed by atoms with Crippen molar-refractivity contribution < 1.29 is 18.0 Å². The topological polar surface area (TPSA) is 46.9 Å². The molecule has 0 bridgehead atoms. The number of hydrogen-bond donors (Lipinski definition) is 1. The van der Waals surface area contributed by atoms with E-state index in [4.69, 9.17) is 0 Å². The van der Waals surface area contributed by atoms with Crippen LogP contribution in [0.2, 0.25) is 0 Å². The molecule has 7 heteroatoms. The quantitative estimate of drug-likeness (QED) is 0.931. The van der Waals surface area contributed by atoms with Crippen molar-refractivity contribution in [1.29, 1.82) is 0 Å². The Hall–Kier alpha value is -1.53. The number of carbonyl (C=O) groups is 1. The van der Waals surface area contributed by atoms with Gasteiger partial charge in [0.05, 0.1) is 6.04 Å². The van der Waals surface area contributed by atoms with Crippen molar-refractivity contribution >= 4 is 5.91 Å². The fourth-order valence-corrected chi connectivity index (χ4v) is 2.87. The highest BCUT2D eigenvalue weighted by Crippen LogP contribution is 2.36. The molecule has 0 spiro atoms. The maximum atomic E-state index is 12.8. The molecule has 1 heterocycles. The van der Waals surface area contributed by atoms with Gasteiger partial charge in [0.2, 0.25) is 5.91 Å². The number of carbonyl (C=O) groups excluding carboxylic acids is 1. The van der Waals surface area contributed by atoms with Crippen molar-refractivity contribution in [3.8, 4) is 0 Å². The molecule has 2 rings (SSSR count). The first-order valence-electron chi connectivity index (χ1n) is 7.12. The molecule has 4 nitrogen and oxygen atoms in total. The fraction of sp³-hybridized carbons (Fsp3) is 0.714. The molecular formula is C14H20F3N3O. The molecule has 1 N–H and O–H groups in total. The van der Waals surface area contributed by atoms with E-state index in [1.54, 1.807) is 0 Å². The van der Waals surface area contributed by atoms with Crippen molar-refractivity contribution in [2.75, 3.05) is 0 Å². The first-order chi connectivity index (χ1) is 9.68. The van der Waals surface area contributed by atoms with Crippen LogP contribution in [0.3, 0.4) is 0 Å². The Bertz CT molecular complexity index is 522. The van der Waals surface area contributed by atoms with Gasteiger partial charge in [-0.05, 0) is 31.2 Å². The van der Waals surface area contributed by atoms with E-state index < -0.39 is 11.9 Å². The van der Waals surface area contributed by atoms with E-state index in [0.29, 0.717) is 12.1 Å². The Morgan fingerprint density at radius 3 is 2.62 bits per heavy atom. The van der Waals surface area contributed by atoms with Crippen molar-refractivity contribution in [3.63, 3.8) is 0 Å². The summed E-state index contributed by atoms with van der Waals surface area (Å²) in [7, 11) is 0. The zero-order chi connectivity index (χ0) is 15.8. The molecule has 0 radical (unpaired) electrons. The molecule has 1 aliphatic rings. The second-order valence-electron chi connectivity index (χ2n) is 5.92. The molecule has 0 aliphatic heterocycles. The molecular weight excluding hydrogens is 283 g/mol. The van der Waals surface area contributed by atoms with Gasteiger partial charge in [0.25, 0.3) is 0 Å². The lowest BCUT2D eigenvalue weighted by Gasteiger charge is -2.17. The second-order valence-corrected chi connectivity index (χ2v) is 5.92. The SMILES string of the molecule is CC(=O)NC1CCC(n2nc(C(F)(F)F)cc2C(C)C)C1. The number of halogens is 3. The van der Waals surface area contributed by atoms with Crippen LogP contribution in [0, 0.1) is 0 Å². The van der Waals surface area contributed by atoms with Gasteiger partial charge in [-0.2, -0.15) is 18.3 Å². The van der Waals surface area contributed by atoms with Gasteiger partial charge in [-0.3, -0.25) is 9.48 Å². The molecule has 2 atom stereocenters. The third-order valence-electron chi connectivity index (χ3n) is 3.80. The van der Waals surface area contributed by atoms with Crippen molar-refractivity contribution in [2.24, 2.45) is 0 Å². The number of nitrogens with one attached hydrogen (secondary N) is 1. The average Bonchev–Trinajstić information content (AvgIpc) is 2.91. The first-order valence-corrected chi connectivity index (χ1v) is 7.12. The Balaban J connectivity index is 2.23. The van der Waals surface area contributed by atoms with E-state index >= 15 is 0 Å². The van der Waals surface area contributed by atoms with Gasteiger partial charge in [0.15, 0.2) is 5.69 Å². The van der Waals surface area contributed by atoms with Crippen molar-refractivity contribution in [2.45, 2.75) is 64.2 Å². The molecule has 0 aromatic carbocycles. The van der Waals surface area contributed by atoms with Crippen LogP contribution in [0.15, 0.2) is 6.07 Å². The highest BCUT2D eigenvalue weighted by molar-refractivity contribution is 5.73. The third kappa shape index (κ3) is 3.57. The molecule has 1 aliphatic carbocycles. The third-order valence-corrected chi connectivity index (χ3v) is 3.80. The van der Waals surface area contributed by atoms with Gasteiger partial charge in [-0.1, -0.05) is 13.8 Å². The minimum atomic E-state index is -4.43. The van der Waals surface area contributed by atoms with Gasteiger partial charge >= 0.3 is 6.18 Å². The van der Waals surface area contributed by atoms with Crippen molar-refractivity contribution in [1.82, 2.24) is 15.1 Å². The lowest BCUT2D eigenvalue weighted by molar-refractivity contribution is -0.141. The molecule has 1 saturated carbocycles. The van der Waals surface area contributed by atoms with Gasteiger partial charge in [-0.15, -0.1) is 0 Å². The van der Waals surface area contributed by atoms with Gasteiger partial charge < -0.3 is 5.32 Å². The van der Waals surface area contributed by atoms with E-state index in [2.05, 4.69) is 10.4 Å². The molecule has 1 aromatic heterocycles. The molecule has 1 amide bonds. The molecule has 1 fully saturated rings. The van der Waals surface area contributed by atoms with Crippen LogP contribution in [0.25, 0.3) is 0 Å². The second kappa shape index (κ2) is 5.69.